The second kappa shape index (κ2) is 8.06. The highest BCUT2D eigenvalue weighted by Crippen LogP contribution is 2.18. The molecule has 30 heavy (non-hydrogen) atoms. The van der Waals surface area contributed by atoms with Gasteiger partial charge >= 0.3 is 0 Å². The summed E-state index contributed by atoms with van der Waals surface area (Å²) >= 11 is 0. The Hall–Kier alpha value is -3.55. The van der Waals surface area contributed by atoms with Gasteiger partial charge in [-0.05, 0) is 43.3 Å². The van der Waals surface area contributed by atoms with Crippen LogP contribution in [0.15, 0.2) is 59.4 Å². The molecule has 0 radical (unpaired) electrons. The van der Waals surface area contributed by atoms with E-state index in [1.54, 1.807) is 36.1 Å². The first-order valence-electron chi connectivity index (χ1n) is 9.60. The Kier molecular flexibility index (Phi) is 5.31. The van der Waals surface area contributed by atoms with Crippen LogP contribution >= 0.6 is 0 Å². The second-order valence-corrected chi connectivity index (χ2v) is 7.12. The number of amides is 1. The van der Waals surface area contributed by atoms with Crippen LogP contribution in [0.1, 0.15) is 16.2 Å². The largest absolute Gasteiger partial charge is 0.368 e. The van der Waals surface area contributed by atoms with Gasteiger partial charge in [-0.1, -0.05) is 12.1 Å². The molecule has 0 N–H and O–H groups in total. The number of nitrogens with zero attached hydrogens (tertiary/aromatic N) is 4. The molecule has 154 valence electrons. The number of benzene rings is 2. The molecular weight excluding hydrogens is 390 g/mol. The fraction of sp³-hybridized carbons (Fsp3) is 0.227. The minimum absolute atomic E-state index is 0.171. The van der Waals surface area contributed by atoms with Gasteiger partial charge in [-0.25, -0.2) is 13.5 Å². The van der Waals surface area contributed by atoms with Crippen molar-refractivity contribution in [1.29, 1.82) is 0 Å². The van der Waals surface area contributed by atoms with Gasteiger partial charge in [0.25, 0.3) is 5.91 Å². The van der Waals surface area contributed by atoms with Crippen LogP contribution in [0.4, 0.5) is 14.5 Å². The van der Waals surface area contributed by atoms with E-state index < -0.39 is 17.2 Å². The molecule has 0 saturated carbocycles. The second-order valence-electron chi connectivity index (χ2n) is 7.12. The summed E-state index contributed by atoms with van der Waals surface area (Å²) in [5.74, 6) is -1.28. The SMILES string of the molecule is Cc1cc(=O)c(C(=O)N2CCN(c3ccc(F)cc3)CC2)nn1-c1ccccc1F. The van der Waals surface area contributed by atoms with E-state index in [0.29, 0.717) is 31.9 Å². The first kappa shape index (κ1) is 19.8. The molecule has 6 nitrogen and oxygen atoms in total. The maximum atomic E-state index is 14.2. The molecule has 2 aromatic carbocycles. The van der Waals surface area contributed by atoms with Crippen LogP contribution < -0.4 is 10.3 Å². The fourth-order valence-electron chi connectivity index (χ4n) is 3.53. The number of rotatable bonds is 3. The maximum Gasteiger partial charge on any atom is 0.278 e. The van der Waals surface area contributed by atoms with Crippen molar-refractivity contribution >= 4 is 11.6 Å². The lowest BCUT2D eigenvalue weighted by Gasteiger charge is -2.35. The third-order valence-electron chi connectivity index (χ3n) is 5.15. The van der Waals surface area contributed by atoms with E-state index in [-0.39, 0.29) is 17.2 Å². The Morgan fingerprint density at radius 2 is 1.63 bits per heavy atom. The Balaban J connectivity index is 1.55. The molecule has 1 aliphatic heterocycles. The number of piperazine rings is 1. The zero-order valence-corrected chi connectivity index (χ0v) is 16.4. The van der Waals surface area contributed by atoms with Crippen LogP contribution in [0.2, 0.25) is 0 Å². The quantitative estimate of drug-likeness (QED) is 0.666. The summed E-state index contributed by atoms with van der Waals surface area (Å²) < 4.78 is 28.6. The molecule has 1 aliphatic rings. The molecule has 0 bridgehead atoms. The lowest BCUT2D eigenvalue weighted by atomic mass is 10.2. The van der Waals surface area contributed by atoms with Gasteiger partial charge in [-0.3, -0.25) is 9.59 Å². The molecule has 1 aromatic heterocycles. The monoisotopic (exact) mass is 410 g/mol. The van der Waals surface area contributed by atoms with E-state index in [2.05, 4.69) is 5.10 Å². The van der Waals surface area contributed by atoms with Gasteiger partial charge in [0.05, 0.1) is 0 Å². The van der Waals surface area contributed by atoms with E-state index in [1.807, 2.05) is 4.90 Å². The summed E-state index contributed by atoms with van der Waals surface area (Å²) in [5.41, 5.74) is 0.747. The van der Waals surface area contributed by atoms with Gasteiger partial charge < -0.3 is 9.80 Å². The third kappa shape index (κ3) is 3.80. The zero-order chi connectivity index (χ0) is 21.3. The molecule has 4 rings (SSSR count). The van der Waals surface area contributed by atoms with E-state index in [4.69, 9.17) is 0 Å². The fourth-order valence-corrected chi connectivity index (χ4v) is 3.53. The molecule has 0 aliphatic carbocycles. The summed E-state index contributed by atoms with van der Waals surface area (Å²) in [6, 6.07) is 13.5. The van der Waals surface area contributed by atoms with Gasteiger partial charge in [-0.2, -0.15) is 5.10 Å². The molecule has 3 aromatic rings. The minimum atomic E-state index is -0.497. The predicted octanol–water partition coefficient (Wildman–Crippen LogP) is 2.78. The Bertz CT molecular complexity index is 1140. The summed E-state index contributed by atoms with van der Waals surface area (Å²) in [6.07, 6.45) is 0. The van der Waals surface area contributed by atoms with Crippen LogP contribution in [-0.2, 0) is 0 Å². The lowest BCUT2D eigenvalue weighted by Crippen LogP contribution is -2.50. The first-order valence-corrected chi connectivity index (χ1v) is 9.60. The van der Waals surface area contributed by atoms with Gasteiger partial charge in [0, 0.05) is 43.6 Å². The van der Waals surface area contributed by atoms with Crippen molar-refractivity contribution in [2.45, 2.75) is 6.92 Å². The normalized spacial score (nSPS) is 14.1. The highest BCUT2D eigenvalue weighted by atomic mass is 19.1. The number of carbonyl (C=O) groups excluding carboxylic acids is 1. The molecular formula is C22H20F2N4O2. The van der Waals surface area contributed by atoms with Crippen LogP contribution in [0.3, 0.4) is 0 Å². The van der Waals surface area contributed by atoms with Crippen LogP contribution in [0, 0.1) is 18.6 Å². The average molecular weight is 410 g/mol. The van der Waals surface area contributed by atoms with Crippen LogP contribution in [-0.4, -0.2) is 46.8 Å². The van der Waals surface area contributed by atoms with Gasteiger partial charge in [0.2, 0.25) is 5.43 Å². The first-order chi connectivity index (χ1) is 14.4. The highest BCUT2D eigenvalue weighted by molar-refractivity contribution is 5.92. The van der Waals surface area contributed by atoms with Crippen molar-refractivity contribution in [3.63, 3.8) is 0 Å². The predicted molar refractivity (Wildman–Crippen MR) is 109 cm³/mol. The summed E-state index contributed by atoms with van der Waals surface area (Å²) in [4.78, 5) is 29.0. The highest BCUT2D eigenvalue weighted by Gasteiger charge is 2.26. The number of halogens is 2. The molecule has 1 fully saturated rings. The molecule has 0 unspecified atom stereocenters. The molecule has 8 heteroatoms. The molecule has 1 saturated heterocycles. The summed E-state index contributed by atoms with van der Waals surface area (Å²) in [6.45, 7) is 3.52. The number of carbonyl (C=O) groups is 1. The summed E-state index contributed by atoms with van der Waals surface area (Å²) in [7, 11) is 0. The number of hydrogen-bond donors (Lipinski definition) is 0. The van der Waals surface area contributed by atoms with Crippen LogP contribution in [0.25, 0.3) is 5.69 Å². The standard InChI is InChI=1S/C22H20F2N4O2/c1-15-14-20(29)21(25-28(15)19-5-3-2-4-18(19)24)22(30)27-12-10-26(11-13-27)17-8-6-16(23)7-9-17/h2-9,14H,10-13H2,1H3. The van der Waals surface area contributed by atoms with E-state index >= 15 is 0 Å². The van der Waals surface area contributed by atoms with Crippen molar-refractivity contribution in [2.75, 3.05) is 31.1 Å². The Morgan fingerprint density at radius 1 is 0.967 bits per heavy atom. The Morgan fingerprint density at radius 3 is 2.30 bits per heavy atom. The number of para-hydroxylation sites is 1. The molecule has 2 heterocycles. The van der Waals surface area contributed by atoms with Crippen LogP contribution in [0.5, 0.6) is 0 Å². The number of anilines is 1. The lowest BCUT2D eigenvalue weighted by molar-refractivity contribution is 0.0737. The summed E-state index contributed by atoms with van der Waals surface area (Å²) in [5, 5.41) is 4.18. The van der Waals surface area contributed by atoms with Crippen molar-refractivity contribution in [2.24, 2.45) is 0 Å². The van der Waals surface area contributed by atoms with Gasteiger partial charge in [-0.15, -0.1) is 0 Å². The van der Waals surface area contributed by atoms with E-state index in [0.717, 1.165) is 5.69 Å². The molecule has 0 spiro atoms. The topological polar surface area (TPSA) is 58.4 Å². The van der Waals surface area contributed by atoms with E-state index in [1.165, 1.54) is 35.0 Å². The zero-order valence-electron chi connectivity index (χ0n) is 16.4. The number of hydrogen-bond acceptors (Lipinski definition) is 4. The van der Waals surface area contributed by atoms with Gasteiger partial charge in [0.15, 0.2) is 5.69 Å². The molecule has 1 amide bonds. The van der Waals surface area contributed by atoms with Gasteiger partial charge in [0.1, 0.15) is 17.3 Å². The number of aryl methyl sites for hydroxylation is 1. The van der Waals surface area contributed by atoms with Crippen molar-refractivity contribution < 1.29 is 13.6 Å². The number of aromatic nitrogens is 2. The smallest absolute Gasteiger partial charge is 0.278 e. The maximum absolute atomic E-state index is 14.2. The Labute approximate surface area is 172 Å². The van der Waals surface area contributed by atoms with Crippen molar-refractivity contribution in [3.8, 4) is 5.69 Å². The third-order valence-corrected chi connectivity index (χ3v) is 5.15. The van der Waals surface area contributed by atoms with Crippen molar-refractivity contribution in [3.05, 3.63) is 87.8 Å². The minimum Gasteiger partial charge on any atom is -0.368 e. The van der Waals surface area contributed by atoms with Crippen molar-refractivity contribution in [1.82, 2.24) is 14.7 Å². The average Bonchev–Trinajstić information content (AvgIpc) is 2.75. The van der Waals surface area contributed by atoms with E-state index in [9.17, 15) is 18.4 Å². The molecule has 0 atom stereocenters.